The molecule has 1 aromatic heterocycles. The Kier molecular flexibility index (Phi) is 4.87. The molecule has 1 aliphatic heterocycles. The predicted octanol–water partition coefficient (Wildman–Crippen LogP) is 1.52. The van der Waals surface area contributed by atoms with Crippen LogP contribution in [0.5, 0.6) is 0 Å². The minimum atomic E-state index is -0.484. The summed E-state index contributed by atoms with van der Waals surface area (Å²) in [6, 6.07) is 9.59. The summed E-state index contributed by atoms with van der Waals surface area (Å²) in [5.41, 5.74) is 0.883. The van der Waals surface area contributed by atoms with Crippen LogP contribution >= 0.6 is 0 Å². The van der Waals surface area contributed by atoms with E-state index in [2.05, 4.69) is 20.4 Å². The summed E-state index contributed by atoms with van der Waals surface area (Å²) in [6.45, 7) is 1.83. The number of ether oxygens (including phenoxy) is 1. The Balaban J connectivity index is 1.84. The van der Waals surface area contributed by atoms with Gasteiger partial charge in [-0.3, -0.25) is 4.79 Å². The monoisotopic (exact) mass is 316 g/mol. The van der Waals surface area contributed by atoms with Crippen molar-refractivity contribution in [3.63, 3.8) is 0 Å². The molecule has 1 N–H and O–H groups in total. The number of hydrogen-bond acceptors (Lipinski definition) is 6. The highest BCUT2D eigenvalue weighted by molar-refractivity contribution is 5.78. The Morgan fingerprint density at radius 3 is 2.74 bits per heavy atom. The fourth-order valence-corrected chi connectivity index (χ4v) is 2.65. The van der Waals surface area contributed by atoms with Gasteiger partial charge in [0.25, 0.3) is 0 Å². The Bertz CT molecular complexity index is 638. The van der Waals surface area contributed by atoms with Gasteiger partial charge in [-0.1, -0.05) is 35.4 Å². The maximum absolute atomic E-state index is 11.9. The van der Waals surface area contributed by atoms with E-state index in [1.165, 1.54) is 7.11 Å². The first-order valence-electron chi connectivity index (χ1n) is 7.69. The summed E-state index contributed by atoms with van der Waals surface area (Å²) < 4.78 is 10.7. The fourth-order valence-electron chi connectivity index (χ4n) is 2.65. The van der Waals surface area contributed by atoms with Crippen LogP contribution in [-0.2, 0) is 9.53 Å². The lowest BCUT2D eigenvalue weighted by atomic mass is 10.1. The number of nitrogens with one attached hydrogen (secondary N) is 1. The van der Waals surface area contributed by atoms with Gasteiger partial charge >= 0.3 is 6.01 Å². The highest BCUT2D eigenvalue weighted by Gasteiger charge is 2.25. The number of hydrogen-bond donors (Lipinski definition) is 1. The van der Waals surface area contributed by atoms with E-state index in [1.54, 1.807) is 0 Å². The third kappa shape index (κ3) is 3.68. The zero-order valence-electron chi connectivity index (χ0n) is 13.1. The zero-order chi connectivity index (χ0) is 16.1. The van der Waals surface area contributed by atoms with Crippen LogP contribution in [0.3, 0.4) is 0 Å². The molecule has 2 heterocycles. The van der Waals surface area contributed by atoms with E-state index < -0.39 is 6.04 Å². The van der Waals surface area contributed by atoms with Crippen LogP contribution in [0.4, 0.5) is 6.01 Å². The van der Waals surface area contributed by atoms with Crippen molar-refractivity contribution in [1.29, 1.82) is 0 Å². The lowest BCUT2D eigenvalue weighted by Gasteiger charge is -2.16. The summed E-state index contributed by atoms with van der Waals surface area (Å²) in [7, 11) is 1.48. The minimum absolute atomic E-state index is 0.0174. The van der Waals surface area contributed by atoms with Gasteiger partial charge < -0.3 is 19.4 Å². The number of anilines is 1. The van der Waals surface area contributed by atoms with Crippen LogP contribution in [0.2, 0.25) is 0 Å². The lowest BCUT2D eigenvalue weighted by molar-refractivity contribution is -0.125. The largest absolute Gasteiger partial charge is 0.405 e. The van der Waals surface area contributed by atoms with Crippen LogP contribution in [0, 0.1) is 0 Å². The molecule has 7 nitrogen and oxygen atoms in total. The topological polar surface area (TPSA) is 80.5 Å². The molecule has 1 atom stereocenters. The SMILES string of the molecule is COCC(=O)N[C@@H](c1ccccc1)c1nnc(N2CCCC2)o1. The average molecular weight is 316 g/mol. The Labute approximate surface area is 134 Å². The molecule has 1 fully saturated rings. The number of nitrogens with zero attached hydrogens (tertiary/aromatic N) is 3. The second-order valence-corrected chi connectivity index (χ2v) is 5.46. The Morgan fingerprint density at radius 2 is 2.04 bits per heavy atom. The molecule has 1 aliphatic rings. The van der Waals surface area contributed by atoms with Gasteiger partial charge in [-0.15, -0.1) is 5.10 Å². The van der Waals surface area contributed by atoms with Crippen molar-refractivity contribution in [3.05, 3.63) is 41.8 Å². The second-order valence-electron chi connectivity index (χ2n) is 5.46. The highest BCUT2D eigenvalue weighted by Crippen LogP contribution is 2.25. The number of methoxy groups -OCH3 is 1. The quantitative estimate of drug-likeness (QED) is 0.870. The molecule has 0 bridgehead atoms. The summed E-state index contributed by atoms with van der Waals surface area (Å²) in [5.74, 6) is 0.143. The number of benzene rings is 1. The van der Waals surface area contributed by atoms with Gasteiger partial charge in [-0.05, 0) is 18.4 Å². The maximum atomic E-state index is 11.9. The smallest absolute Gasteiger partial charge is 0.318 e. The van der Waals surface area contributed by atoms with Crippen LogP contribution in [0.15, 0.2) is 34.7 Å². The average Bonchev–Trinajstić information content (AvgIpc) is 3.25. The van der Waals surface area contributed by atoms with Gasteiger partial charge in [0.05, 0.1) is 0 Å². The molecule has 3 rings (SSSR count). The van der Waals surface area contributed by atoms with Crippen molar-refractivity contribution in [2.45, 2.75) is 18.9 Å². The number of rotatable bonds is 6. The molecular weight excluding hydrogens is 296 g/mol. The zero-order valence-corrected chi connectivity index (χ0v) is 13.1. The first-order valence-corrected chi connectivity index (χ1v) is 7.69. The van der Waals surface area contributed by atoms with Gasteiger partial charge in [0, 0.05) is 20.2 Å². The van der Waals surface area contributed by atoms with Crippen LogP contribution in [0.25, 0.3) is 0 Å². The highest BCUT2D eigenvalue weighted by atomic mass is 16.5. The van der Waals surface area contributed by atoms with Gasteiger partial charge in [0.2, 0.25) is 11.8 Å². The number of aromatic nitrogens is 2. The molecular formula is C16H20N4O3. The van der Waals surface area contributed by atoms with Gasteiger partial charge in [-0.2, -0.15) is 0 Å². The number of amides is 1. The van der Waals surface area contributed by atoms with Gasteiger partial charge in [-0.25, -0.2) is 0 Å². The molecule has 0 spiro atoms. The van der Waals surface area contributed by atoms with E-state index in [9.17, 15) is 4.79 Å². The molecule has 23 heavy (non-hydrogen) atoms. The summed E-state index contributed by atoms with van der Waals surface area (Å²) in [6.07, 6.45) is 2.26. The number of carbonyl (C=O) groups is 1. The van der Waals surface area contributed by atoms with Crippen molar-refractivity contribution in [1.82, 2.24) is 15.5 Å². The van der Waals surface area contributed by atoms with Crippen LogP contribution < -0.4 is 10.2 Å². The van der Waals surface area contributed by atoms with E-state index in [-0.39, 0.29) is 12.5 Å². The van der Waals surface area contributed by atoms with Gasteiger partial charge in [0.1, 0.15) is 12.6 Å². The molecule has 0 saturated carbocycles. The molecule has 122 valence electrons. The number of carbonyl (C=O) groups excluding carboxylic acids is 1. The third-order valence-electron chi connectivity index (χ3n) is 3.77. The van der Waals surface area contributed by atoms with E-state index in [0.29, 0.717) is 11.9 Å². The van der Waals surface area contributed by atoms with Crippen LogP contribution in [-0.4, -0.2) is 42.9 Å². The van der Waals surface area contributed by atoms with E-state index in [0.717, 1.165) is 31.5 Å². The maximum Gasteiger partial charge on any atom is 0.318 e. The summed E-state index contributed by atoms with van der Waals surface area (Å²) in [4.78, 5) is 14.0. The molecule has 2 aromatic rings. The first kappa shape index (κ1) is 15.5. The molecule has 0 unspecified atom stereocenters. The van der Waals surface area contributed by atoms with E-state index in [4.69, 9.17) is 9.15 Å². The van der Waals surface area contributed by atoms with E-state index >= 15 is 0 Å². The molecule has 0 aliphatic carbocycles. The molecule has 1 saturated heterocycles. The van der Waals surface area contributed by atoms with Crippen molar-refractivity contribution < 1.29 is 13.9 Å². The first-order chi connectivity index (χ1) is 11.3. The van der Waals surface area contributed by atoms with Crippen molar-refractivity contribution in [2.75, 3.05) is 31.7 Å². The van der Waals surface area contributed by atoms with Crippen molar-refractivity contribution in [3.8, 4) is 0 Å². The van der Waals surface area contributed by atoms with Crippen LogP contribution in [0.1, 0.15) is 30.3 Å². The lowest BCUT2D eigenvalue weighted by Crippen LogP contribution is -2.32. The predicted molar refractivity (Wildman–Crippen MR) is 84.0 cm³/mol. The summed E-state index contributed by atoms with van der Waals surface area (Å²) >= 11 is 0. The summed E-state index contributed by atoms with van der Waals surface area (Å²) in [5, 5.41) is 11.1. The van der Waals surface area contributed by atoms with Gasteiger partial charge in [0.15, 0.2) is 0 Å². The van der Waals surface area contributed by atoms with E-state index in [1.807, 2.05) is 30.3 Å². The standard InChI is InChI=1S/C16H20N4O3/c1-22-11-13(21)17-14(12-7-3-2-4-8-12)15-18-19-16(23-15)20-9-5-6-10-20/h2-4,7-8,14H,5-6,9-11H2,1H3,(H,17,21)/t14-/m0/s1. The second kappa shape index (κ2) is 7.23. The molecule has 7 heteroatoms. The molecule has 0 radical (unpaired) electrons. The normalized spacial score (nSPS) is 15.6. The Hall–Kier alpha value is -2.41. The fraction of sp³-hybridized carbons (Fsp3) is 0.438. The molecule has 1 amide bonds. The molecule has 1 aromatic carbocycles. The minimum Gasteiger partial charge on any atom is -0.405 e. The van der Waals surface area contributed by atoms with Crippen molar-refractivity contribution in [2.24, 2.45) is 0 Å². The van der Waals surface area contributed by atoms with Crippen molar-refractivity contribution >= 4 is 11.9 Å². The third-order valence-corrected chi connectivity index (χ3v) is 3.77. The Morgan fingerprint density at radius 1 is 1.30 bits per heavy atom.